The second kappa shape index (κ2) is 9.96. The summed E-state index contributed by atoms with van der Waals surface area (Å²) in [5.41, 5.74) is 1.14. The van der Waals surface area contributed by atoms with Gasteiger partial charge in [-0.1, -0.05) is 18.2 Å². The lowest BCUT2D eigenvalue weighted by Gasteiger charge is -2.39. The van der Waals surface area contributed by atoms with E-state index in [9.17, 15) is 13.2 Å². The largest absolute Gasteiger partial charge is 0.369 e. The molecule has 1 amide bonds. The van der Waals surface area contributed by atoms with Gasteiger partial charge < -0.3 is 15.5 Å². The second-order valence-electron chi connectivity index (χ2n) is 7.11. The zero-order chi connectivity index (χ0) is 17.9. The molecule has 0 saturated carbocycles. The van der Waals surface area contributed by atoms with Crippen molar-refractivity contribution in [3.05, 3.63) is 30.3 Å². The average molecular weight is 438 g/mol. The highest BCUT2D eigenvalue weighted by molar-refractivity contribution is 7.92. The summed E-state index contributed by atoms with van der Waals surface area (Å²) in [5, 5.41) is 6.19. The molecule has 1 unspecified atom stereocenters. The molecule has 6 nitrogen and oxygen atoms in total. The fraction of sp³-hybridized carbons (Fsp3) is 0.611. The molecule has 2 aliphatic heterocycles. The molecule has 2 fully saturated rings. The smallest absolute Gasteiger partial charge is 0.241 e. The van der Waals surface area contributed by atoms with Crippen molar-refractivity contribution in [3.63, 3.8) is 0 Å². The molecule has 9 heteroatoms. The second-order valence-corrected chi connectivity index (χ2v) is 9.44. The van der Waals surface area contributed by atoms with Crippen molar-refractivity contribution >= 4 is 46.2 Å². The van der Waals surface area contributed by atoms with Crippen LogP contribution in [0.2, 0.25) is 0 Å². The van der Waals surface area contributed by atoms with Crippen molar-refractivity contribution in [3.8, 4) is 0 Å². The third kappa shape index (κ3) is 5.28. The minimum absolute atomic E-state index is 0. The third-order valence-corrected chi connectivity index (χ3v) is 7.43. The van der Waals surface area contributed by atoms with Crippen molar-refractivity contribution in [2.45, 2.75) is 36.5 Å². The highest BCUT2D eigenvalue weighted by atomic mass is 35.5. The van der Waals surface area contributed by atoms with E-state index < -0.39 is 14.6 Å². The Labute approximate surface area is 174 Å². The monoisotopic (exact) mass is 437 g/mol. The molecule has 0 radical (unpaired) electrons. The van der Waals surface area contributed by atoms with Crippen molar-refractivity contribution in [1.29, 1.82) is 0 Å². The maximum Gasteiger partial charge on any atom is 0.241 e. The van der Waals surface area contributed by atoms with Crippen LogP contribution in [-0.4, -0.2) is 57.5 Å². The van der Waals surface area contributed by atoms with Gasteiger partial charge >= 0.3 is 0 Å². The highest BCUT2D eigenvalue weighted by Crippen LogP contribution is 2.29. The molecule has 154 valence electrons. The molecule has 2 aliphatic rings. The lowest BCUT2D eigenvalue weighted by atomic mass is 9.94. The lowest BCUT2D eigenvalue weighted by molar-refractivity contribution is -0.125. The van der Waals surface area contributed by atoms with E-state index in [0.29, 0.717) is 32.5 Å². The van der Waals surface area contributed by atoms with E-state index in [1.54, 1.807) is 0 Å². The molecule has 2 N–H and O–H groups in total. The molecular formula is C18H29Cl2N3O3S. The summed E-state index contributed by atoms with van der Waals surface area (Å²) in [4.78, 5) is 15.2. The van der Waals surface area contributed by atoms with Crippen LogP contribution in [0.15, 0.2) is 30.3 Å². The van der Waals surface area contributed by atoms with Crippen LogP contribution in [0.3, 0.4) is 0 Å². The van der Waals surface area contributed by atoms with Crippen LogP contribution < -0.4 is 15.5 Å². The molecule has 2 heterocycles. The Morgan fingerprint density at radius 1 is 1.19 bits per heavy atom. The van der Waals surface area contributed by atoms with Gasteiger partial charge in [0.15, 0.2) is 14.6 Å². The maximum absolute atomic E-state index is 12.9. The molecule has 0 aromatic heterocycles. The van der Waals surface area contributed by atoms with Crippen LogP contribution in [-0.2, 0) is 14.6 Å². The summed E-state index contributed by atoms with van der Waals surface area (Å²) in [6.07, 6.45) is 3.73. The number of anilines is 1. The standard InChI is InChI=1S/C18H27N3O3S.2ClH/c1-25(23,24)18(9-11-19-12-10-18)17(22)20-15-6-5-13-21(14-15)16-7-3-2-4-8-16;;/h2-4,7-8,15,19H,5-6,9-14H2,1H3,(H,20,22);2*1H. The SMILES string of the molecule is CS(=O)(=O)C1(C(=O)NC2CCCN(c3ccccc3)C2)CCNCC1.Cl.Cl. The van der Waals surface area contributed by atoms with Gasteiger partial charge in [0, 0.05) is 31.1 Å². The summed E-state index contributed by atoms with van der Waals surface area (Å²) < 4.78 is 23.5. The van der Waals surface area contributed by atoms with E-state index >= 15 is 0 Å². The zero-order valence-corrected chi connectivity index (χ0v) is 18.0. The first kappa shape index (κ1) is 24.0. The van der Waals surface area contributed by atoms with Gasteiger partial charge in [0.25, 0.3) is 0 Å². The number of piperidine rings is 2. The summed E-state index contributed by atoms with van der Waals surface area (Å²) in [6.45, 7) is 2.79. The van der Waals surface area contributed by atoms with E-state index in [1.165, 1.54) is 6.26 Å². The Kier molecular flexibility index (Phi) is 8.86. The predicted octanol–water partition coefficient (Wildman–Crippen LogP) is 1.78. The summed E-state index contributed by atoms with van der Waals surface area (Å²) in [5.74, 6) is -0.323. The van der Waals surface area contributed by atoms with Crippen molar-refractivity contribution in [1.82, 2.24) is 10.6 Å². The molecule has 1 aromatic rings. The van der Waals surface area contributed by atoms with Crippen LogP contribution in [0.4, 0.5) is 5.69 Å². The number of hydrogen-bond acceptors (Lipinski definition) is 5. The Morgan fingerprint density at radius 3 is 2.41 bits per heavy atom. The molecule has 2 saturated heterocycles. The molecule has 0 spiro atoms. The Bertz CT molecular complexity index is 710. The number of nitrogens with one attached hydrogen (secondary N) is 2. The van der Waals surface area contributed by atoms with Gasteiger partial charge in [-0.2, -0.15) is 0 Å². The van der Waals surface area contributed by atoms with Crippen LogP contribution in [0.5, 0.6) is 0 Å². The molecule has 3 rings (SSSR count). The Hall–Kier alpha value is -1.02. The van der Waals surface area contributed by atoms with Crippen LogP contribution >= 0.6 is 24.8 Å². The summed E-state index contributed by atoms with van der Waals surface area (Å²) in [7, 11) is -3.47. The van der Waals surface area contributed by atoms with Gasteiger partial charge in [-0.15, -0.1) is 24.8 Å². The van der Waals surface area contributed by atoms with Gasteiger partial charge in [-0.05, 0) is 50.9 Å². The number of benzene rings is 1. The minimum Gasteiger partial charge on any atom is -0.369 e. The summed E-state index contributed by atoms with van der Waals surface area (Å²) in [6, 6.07) is 10.1. The number of rotatable bonds is 4. The highest BCUT2D eigenvalue weighted by Gasteiger charge is 2.49. The maximum atomic E-state index is 12.9. The van der Waals surface area contributed by atoms with Crippen LogP contribution in [0.25, 0.3) is 0 Å². The number of nitrogens with zero attached hydrogens (tertiary/aromatic N) is 1. The number of carbonyl (C=O) groups excluding carboxylic acids is 1. The topological polar surface area (TPSA) is 78.5 Å². The van der Waals surface area contributed by atoms with E-state index in [0.717, 1.165) is 25.1 Å². The van der Waals surface area contributed by atoms with E-state index in [4.69, 9.17) is 0 Å². The molecular weight excluding hydrogens is 409 g/mol. The fourth-order valence-corrected chi connectivity index (χ4v) is 5.22. The van der Waals surface area contributed by atoms with Gasteiger partial charge in [0.2, 0.25) is 5.91 Å². The minimum atomic E-state index is -3.47. The van der Waals surface area contributed by atoms with E-state index in [1.807, 2.05) is 18.2 Å². The molecule has 0 bridgehead atoms. The van der Waals surface area contributed by atoms with Crippen LogP contribution in [0.1, 0.15) is 25.7 Å². The van der Waals surface area contributed by atoms with Gasteiger partial charge in [0.1, 0.15) is 0 Å². The number of amides is 1. The van der Waals surface area contributed by atoms with Gasteiger partial charge in [-0.25, -0.2) is 8.42 Å². The van der Waals surface area contributed by atoms with Crippen molar-refractivity contribution in [2.24, 2.45) is 0 Å². The first-order valence-corrected chi connectivity index (χ1v) is 10.8. The first-order valence-electron chi connectivity index (χ1n) is 8.94. The summed E-state index contributed by atoms with van der Waals surface area (Å²) >= 11 is 0. The zero-order valence-electron chi connectivity index (χ0n) is 15.5. The lowest BCUT2D eigenvalue weighted by Crippen LogP contribution is -2.60. The molecule has 27 heavy (non-hydrogen) atoms. The van der Waals surface area contributed by atoms with Crippen molar-refractivity contribution in [2.75, 3.05) is 37.3 Å². The number of sulfone groups is 1. The van der Waals surface area contributed by atoms with Crippen LogP contribution in [0, 0.1) is 0 Å². The van der Waals surface area contributed by atoms with Gasteiger partial charge in [0.05, 0.1) is 0 Å². The number of hydrogen-bond donors (Lipinski definition) is 2. The number of carbonyl (C=O) groups is 1. The average Bonchev–Trinajstić information content (AvgIpc) is 2.62. The number of para-hydroxylation sites is 1. The van der Waals surface area contributed by atoms with Gasteiger partial charge in [-0.3, -0.25) is 4.79 Å². The number of halogens is 2. The Morgan fingerprint density at radius 2 is 1.81 bits per heavy atom. The predicted molar refractivity (Wildman–Crippen MR) is 114 cm³/mol. The normalized spacial score (nSPS) is 22.1. The third-order valence-electron chi connectivity index (χ3n) is 5.41. The van der Waals surface area contributed by atoms with E-state index in [-0.39, 0.29) is 36.8 Å². The van der Waals surface area contributed by atoms with E-state index in [2.05, 4.69) is 27.7 Å². The molecule has 0 aliphatic carbocycles. The van der Waals surface area contributed by atoms with Crippen molar-refractivity contribution < 1.29 is 13.2 Å². The fourth-order valence-electron chi connectivity index (χ4n) is 3.88. The quantitative estimate of drug-likeness (QED) is 0.750. The molecule has 1 aromatic carbocycles. The molecule has 1 atom stereocenters. The first-order chi connectivity index (χ1) is 11.9. The Balaban J connectivity index is 0.00000182.